The molecule has 0 aliphatic heterocycles. The molecule has 0 saturated carbocycles. The molecule has 1 aromatic carbocycles. The summed E-state index contributed by atoms with van der Waals surface area (Å²) in [6.07, 6.45) is 0.534. The second-order valence-corrected chi connectivity index (χ2v) is 2.98. The van der Waals surface area contributed by atoms with E-state index in [4.69, 9.17) is 5.26 Å². The molecular weight excluding hydrogens is 194 g/mol. The Kier molecular flexibility index (Phi) is 3.19. The minimum atomic E-state index is -0.579. The fraction of sp³-hybridized carbons (Fsp3) is 0.182. The number of nitriles is 1. The average molecular weight is 203 g/mol. The van der Waals surface area contributed by atoms with Crippen LogP contribution < -0.4 is 0 Å². The van der Waals surface area contributed by atoms with E-state index < -0.39 is 5.97 Å². The molecule has 0 N–H and O–H groups in total. The van der Waals surface area contributed by atoms with Crippen molar-refractivity contribution in [3.05, 3.63) is 34.4 Å². The van der Waals surface area contributed by atoms with Gasteiger partial charge in [-0.2, -0.15) is 5.26 Å². The van der Waals surface area contributed by atoms with Crippen LogP contribution in [0.3, 0.4) is 0 Å². The lowest BCUT2D eigenvalue weighted by Gasteiger charge is -2.05. The summed E-state index contributed by atoms with van der Waals surface area (Å²) < 4.78 is 4.53. The van der Waals surface area contributed by atoms with Crippen molar-refractivity contribution in [1.29, 1.82) is 5.26 Å². The first-order valence-electron chi connectivity index (χ1n) is 4.22. The highest BCUT2D eigenvalue weighted by Crippen LogP contribution is 2.15. The maximum atomic E-state index is 11.3. The molecule has 0 amide bonds. The molecule has 0 fully saturated rings. The van der Waals surface area contributed by atoms with Gasteiger partial charge in [0.1, 0.15) is 0 Å². The van der Waals surface area contributed by atoms with Gasteiger partial charge in [0.25, 0.3) is 0 Å². The molecule has 76 valence electrons. The highest BCUT2D eigenvalue weighted by molar-refractivity contribution is 5.98. The van der Waals surface area contributed by atoms with Gasteiger partial charge in [-0.1, -0.05) is 0 Å². The quantitative estimate of drug-likeness (QED) is 0.539. The Balaban J connectivity index is 3.41. The zero-order valence-corrected chi connectivity index (χ0v) is 8.40. The molecule has 0 heterocycles. The number of rotatable bonds is 2. The van der Waals surface area contributed by atoms with Crippen LogP contribution in [0.1, 0.15) is 31.8 Å². The number of methoxy groups -OCH3 is 1. The molecule has 0 aliphatic carbocycles. The van der Waals surface area contributed by atoms with Crippen LogP contribution in [0, 0.1) is 18.3 Å². The fourth-order valence-corrected chi connectivity index (χ4v) is 1.23. The van der Waals surface area contributed by atoms with Crippen LogP contribution in [-0.4, -0.2) is 19.4 Å². The highest BCUT2D eigenvalue weighted by Gasteiger charge is 2.13. The molecule has 0 aromatic heterocycles. The number of aldehydes is 1. The van der Waals surface area contributed by atoms with E-state index in [0.717, 1.165) is 0 Å². The van der Waals surface area contributed by atoms with Gasteiger partial charge in [-0.05, 0) is 24.6 Å². The number of hydrogen-bond donors (Lipinski definition) is 0. The molecule has 0 saturated heterocycles. The van der Waals surface area contributed by atoms with E-state index in [2.05, 4.69) is 4.74 Å². The number of nitrogens with zero attached hydrogens (tertiary/aromatic N) is 1. The van der Waals surface area contributed by atoms with Gasteiger partial charge in [0.05, 0.1) is 24.3 Å². The summed E-state index contributed by atoms with van der Waals surface area (Å²) >= 11 is 0. The van der Waals surface area contributed by atoms with Crippen LogP contribution in [0.15, 0.2) is 12.1 Å². The molecule has 15 heavy (non-hydrogen) atoms. The van der Waals surface area contributed by atoms with Crippen LogP contribution >= 0.6 is 0 Å². The van der Waals surface area contributed by atoms with Crippen molar-refractivity contribution >= 4 is 12.3 Å². The van der Waals surface area contributed by atoms with Crippen molar-refractivity contribution in [3.8, 4) is 6.07 Å². The lowest BCUT2D eigenvalue weighted by atomic mass is 10.0. The Morgan fingerprint density at radius 2 is 2.20 bits per heavy atom. The number of aryl methyl sites for hydroxylation is 1. The van der Waals surface area contributed by atoms with Crippen LogP contribution in [0.4, 0.5) is 0 Å². The van der Waals surface area contributed by atoms with E-state index in [9.17, 15) is 9.59 Å². The van der Waals surface area contributed by atoms with Gasteiger partial charge < -0.3 is 4.74 Å². The van der Waals surface area contributed by atoms with Gasteiger partial charge in [0.15, 0.2) is 6.29 Å². The molecule has 1 rings (SSSR count). The molecule has 4 heteroatoms. The summed E-state index contributed by atoms with van der Waals surface area (Å²) in [5.41, 5.74) is 1.38. The van der Waals surface area contributed by atoms with Crippen molar-refractivity contribution in [3.63, 3.8) is 0 Å². The molecule has 0 unspecified atom stereocenters. The Hall–Kier alpha value is -2.15. The number of esters is 1. The third-order valence-corrected chi connectivity index (χ3v) is 2.05. The van der Waals surface area contributed by atoms with E-state index in [1.165, 1.54) is 19.2 Å². The third kappa shape index (κ3) is 2.02. The highest BCUT2D eigenvalue weighted by atomic mass is 16.5. The second kappa shape index (κ2) is 4.38. The smallest absolute Gasteiger partial charge is 0.338 e. The van der Waals surface area contributed by atoms with Crippen molar-refractivity contribution in [2.24, 2.45) is 0 Å². The van der Waals surface area contributed by atoms with E-state index >= 15 is 0 Å². The fourth-order valence-electron chi connectivity index (χ4n) is 1.23. The van der Waals surface area contributed by atoms with Crippen LogP contribution in [0.2, 0.25) is 0 Å². The summed E-state index contributed by atoms with van der Waals surface area (Å²) in [6.45, 7) is 1.69. The molecule has 4 nitrogen and oxygen atoms in total. The molecular formula is C11H9NO3. The summed E-state index contributed by atoms with van der Waals surface area (Å²) in [7, 11) is 1.24. The first kappa shape index (κ1) is 10.9. The molecule has 0 spiro atoms. The van der Waals surface area contributed by atoms with Gasteiger partial charge in [-0.25, -0.2) is 4.79 Å². The zero-order valence-electron chi connectivity index (χ0n) is 8.40. The number of ether oxygens (including phenoxy) is 1. The van der Waals surface area contributed by atoms with Gasteiger partial charge in [0, 0.05) is 5.56 Å². The Labute approximate surface area is 87.1 Å². The second-order valence-electron chi connectivity index (χ2n) is 2.98. The predicted octanol–water partition coefficient (Wildman–Crippen LogP) is 1.47. The topological polar surface area (TPSA) is 67.2 Å². The Morgan fingerprint density at radius 3 is 2.67 bits per heavy atom. The molecule has 0 atom stereocenters. The first-order valence-corrected chi connectivity index (χ1v) is 4.22. The summed E-state index contributed by atoms with van der Waals surface area (Å²) in [5, 5.41) is 8.74. The van der Waals surface area contributed by atoms with Crippen molar-refractivity contribution < 1.29 is 14.3 Å². The lowest BCUT2D eigenvalue weighted by Crippen LogP contribution is -2.06. The van der Waals surface area contributed by atoms with Gasteiger partial charge in [-0.3, -0.25) is 4.79 Å². The van der Waals surface area contributed by atoms with Crippen molar-refractivity contribution in [2.75, 3.05) is 7.11 Å². The lowest BCUT2D eigenvalue weighted by molar-refractivity contribution is 0.0598. The van der Waals surface area contributed by atoms with E-state index in [0.29, 0.717) is 17.4 Å². The largest absolute Gasteiger partial charge is 0.465 e. The van der Waals surface area contributed by atoms with Gasteiger partial charge in [-0.15, -0.1) is 0 Å². The first-order chi connectivity index (χ1) is 7.13. The number of carbonyl (C=O) groups is 2. The molecule has 0 radical (unpaired) electrons. The van der Waals surface area contributed by atoms with E-state index in [1.807, 2.05) is 6.07 Å². The maximum absolute atomic E-state index is 11.3. The van der Waals surface area contributed by atoms with Gasteiger partial charge >= 0.3 is 5.97 Å². The number of carbonyl (C=O) groups excluding carboxylic acids is 2. The van der Waals surface area contributed by atoms with Gasteiger partial charge in [0.2, 0.25) is 0 Å². The number of hydrogen-bond acceptors (Lipinski definition) is 4. The Bertz CT molecular complexity index is 458. The Morgan fingerprint density at radius 1 is 1.53 bits per heavy atom. The summed E-state index contributed by atoms with van der Waals surface area (Å²) in [5.74, 6) is -0.579. The van der Waals surface area contributed by atoms with E-state index in [-0.39, 0.29) is 11.1 Å². The summed E-state index contributed by atoms with van der Waals surface area (Å²) in [4.78, 5) is 22.0. The van der Waals surface area contributed by atoms with Crippen LogP contribution in [0.25, 0.3) is 0 Å². The molecule has 0 bridgehead atoms. The normalized spacial score (nSPS) is 9.13. The van der Waals surface area contributed by atoms with Crippen molar-refractivity contribution in [2.45, 2.75) is 6.92 Å². The van der Waals surface area contributed by atoms with Crippen molar-refractivity contribution in [1.82, 2.24) is 0 Å². The predicted molar refractivity (Wildman–Crippen MR) is 52.6 cm³/mol. The zero-order chi connectivity index (χ0) is 11.4. The van der Waals surface area contributed by atoms with Crippen LogP contribution in [0.5, 0.6) is 0 Å². The summed E-state index contributed by atoms with van der Waals surface area (Å²) in [6, 6.07) is 4.81. The van der Waals surface area contributed by atoms with E-state index in [1.54, 1.807) is 6.92 Å². The maximum Gasteiger partial charge on any atom is 0.338 e. The monoisotopic (exact) mass is 203 g/mol. The molecule has 0 aliphatic rings. The van der Waals surface area contributed by atoms with Crippen LogP contribution in [-0.2, 0) is 4.74 Å². The minimum absolute atomic E-state index is 0.170. The number of benzene rings is 1. The standard InChI is InChI=1S/C11H9NO3/c1-7-3-10(11(14)15-2)9(6-13)4-8(7)5-12/h3-4,6H,1-2H3. The molecule has 1 aromatic rings. The average Bonchev–Trinajstić information content (AvgIpc) is 2.27. The SMILES string of the molecule is COC(=O)c1cc(C)c(C#N)cc1C=O. The minimum Gasteiger partial charge on any atom is -0.465 e. The third-order valence-electron chi connectivity index (χ3n) is 2.05.